The summed E-state index contributed by atoms with van der Waals surface area (Å²) in [5.41, 5.74) is 0.931. The molecule has 1 aromatic carbocycles. The van der Waals surface area contributed by atoms with Gasteiger partial charge < -0.3 is 4.90 Å². The minimum Gasteiger partial charge on any atom is -0.334 e. The molecule has 0 radical (unpaired) electrons. The molecule has 1 amide bonds. The second-order valence-electron chi connectivity index (χ2n) is 6.64. The number of Topliss-reactive ketones (excluding diaryl/α,β-unsaturated/α-hetero) is 1. The topological polar surface area (TPSA) is 37.4 Å². The van der Waals surface area contributed by atoms with Gasteiger partial charge in [0.15, 0.2) is 0 Å². The van der Waals surface area contributed by atoms with Crippen LogP contribution in [-0.2, 0) is 16.1 Å². The van der Waals surface area contributed by atoms with E-state index in [4.69, 9.17) is 0 Å². The summed E-state index contributed by atoms with van der Waals surface area (Å²) in [6.07, 6.45) is 3.41. The van der Waals surface area contributed by atoms with Gasteiger partial charge in [-0.1, -0.05) is 12.1 Å². The van der Waals surface area contributed by atoms with Gasteiger partial charge in [-0.15, -0.1) is 0 Å². The number of fused-ring (bicyclic) bond motifs is 5. The molecule has 3 nitrogen and oxygen atoms in total. The fraction of sp³-hybridized carbons (Fsp3) is 0.529. The Hall–Kier alpha value is -1.71. The van der Waals surface area contributed by atoms with Gasteiger partial charge >= 0.3 is 0 Å². The highest BCUT2D eigenvalue weighted by Crippen LogP contribution is 2.53. The van der Waals surface area contributed by atoms with Crippen LogP contribution in [-0.4, -0.2) is 22.6 Å². The molecule has 110 valence electrons. The van der Waals surface area contributed by atoms with Gasteiger partial charge in [0.2, 0.25) is 5.91 Å². The molecule has 4 heteroatoms. The van der Waals surface area contributed by atoms with Crippen molar-refractivity contribution in [2.45, 2.75) is 38.3 Å². The first-order chi connectivity index (χ1) is 10.1. The zero-order valence-corrected chi connectivity index (χ0v) is 11.8. The lowest BCUT2D eigenvalue weighted by molar-refractivity contribution is -0.149. The van der Waals surface area contributed by atoms with Crippen LogP contribution in [0.1, 0.15) is 31.2 Å². The molecule has 2 aliphatic carbocycles. The average Bonchev–Trinajstić information content (AvgIpc) is 3.06. The molecule has 1 saturated heterocycles. The summed E-state index contributed by atoms with van der Waals surface area (Å²) in [7, 11) is 0. The smallest absolute Gasteiger partial charge is 0.230 e. The van der Waals surface area contributed by atoms with Crippen LogP contribution in [0.5, 0.6) is 0 Å². The van der Waals surface area contributed by atoms with Crippen molar-refractivity contribution in [3.05, 3.63) is 35.6 Å². The second-order valence-corrected chi connectivity index (χ2v) is 6.64. The highest BCUT2D eigenvalue weighted by Gasteiger charge is 2.56. The molecular weight excluding hydrogens is 269 g/mol. The van der Waals surface area contributed by atoms with Gasteiger partial charge in [-0.05, 0) is 48.8 Å². The second kappa shape index (κ2) is 4.65. The summed E-state index contributed by atoms with van der Waals surface area (Å²) in [6.45, 7) is 0.497. The summed E-state index contributed by atoms with van der Waals surface area (Å²) in [5, 5.41) is 0. The summed E-state index contributed by atoms with van der Waals surface area (Å²) >= 11 is 0. The predicted octanol–water partition coefficient (Wildman–Crippen LogP) is 2.54. The fourth-order valence-corrected chi connectivity index (χ4v) is 4.68. The van der Waals surface area contributed by atoms with Crippen LogP contribution in [0.15, 0.2) is 24.3 Å². The zero-order chi connectivity index (χ0) is 14.6. The molecule has 3 fully saturated rings. The molecule has 2 bridgehead atoms. The Balaban J connectivity index is 1.62. The molecule has 1 aliphatic heterocycles. The Morgan fingerprint density at radius 3 is 2.57 bits per heavy atom. The first kappa shape index (κ1) is 13.0. The number of nitrogens with zero attached hydrogens (tertiary/aromatic N) is 1. The molecule has 0 spiro atoms. The SMILES string of the molecule is O=C1CC(=O)N(Cc2ccc(F)cc2)[C@H]2[C@@H]3CC[C@@H](C3)[C@@H]12. The normalized spacial score (nSPS) is 34.4. The van der Waals surface area contributed by atoms with E-state index in [0.717, 1.165) is 24.8 Å². The van der Waals surface area contributed by atoms with Gasteiger partial charge in [-0.2, -0.15) is 0 Å². The number of ketones is 1. The number of carbonyl (C=O) groups is 2. The van der Waals surface area contributed by atoms with E-state index in [-0.39, 0.29) is 35.9 Å². The number of rotatable bonds is 2. The molecule has 3 aliphatic rings. The molecule has 0 unspecified atom stereocenters. The Morgan fingerprint density at radius 1 is 1.10 bits per heavy atom. The van der Waals surface area contributed by atoms with Crippen LogP contribution >= 0.6 is 0 Å². The van der Waals surface area contributed by atoms with Crippen molar-refractivity contribution in [2.75, 3.05) is 0 Å². The molecule has 4 rings (SSSR count). The van der Waals surface area contributed by atoms with Gasteiger partial charge in [-0.3, -0.25) is 9.59 Å². The standard InChI is InChI=1S/C17H18FNO2/c18-13-5-1-10(2-6-13)9-19-15(21)8-14(20)16-11-3-4-12(7-11)17(16)19/h1-2,5-6,11-12,16-17H,3-4,7-9H2/t11-,12+,16-,17-/m0/s1. The van der Waals surface area contributed by atoms with E-state index >= 15 is 0 Å². The van der Waals surface area contributed by atoms with Gasteiger partial charge in [0.05, 0.1) is 6.42 Å². The van der Waals surface area contributed by atoms with Gasteiger partial charge in [0, 0.05) is 18.5 Å². The number of benzene rings is 1. The number of amides is 1. The Bertz CT molecular complexity index is 597. The quantitative estimate of drug-likeness (QED) is 0.784. The van der Waals surface area contributed by atoms with Crippen LogP contribution in [0.3, 0.4) is 0 Å². The van der Waals surface area contributed by atoms with Crippen molar-refractivity contribution < 1.29 is 14.0 Å². The summed E-state index contributed by atoms with van der Waals surface area (Å²) in [5.74, 6) is 0.842. The van der Waals surface area contributed by atoms with Crippen molar-refractivity contribution in [3.8, 4) is 0 Å². The molecular formula is C17H18FNO2. The van der Waals surface area contributed by atoms with E-state index in [1.807, 2.05) is 4.90 Å². The Kier molecular flexibility index (Phi) is 2.88. The van der Waals surface area contributed by atoms with E-state index in [2.05, 4.69) is 0 Å². The molecule has 1 aromatic rings. The third kappa shape index (κ3) is 2.00. The van der Waals surface area contributed by atoms with Crippen LogP contribution in [0, 0.1) is 23.6 Å². The maximum Gasteiger partial charge on any atom is 0.230 e. The minimum absolute atomic E-state index is 0.0472. The zero-order valence-electron chi connectivity index (χ0n) is 11.8. The van der Waals surface area contributed by atoms with E-state index in [1.54, 1.807) is 12.1 Å². The molecule has 2 saturated carbocycles. The molecule has 1 heterocycles. The molecule has 4 atom stereocenters. The van der Waals surface area contributed by atoms with Gasteiger partial charge in [0.1, 0.15) is 11.6 Å². The highest BCUT2D eigenvalue weighted by atomic mass is 19.1. The first-order valence-corrected chi connectivity index (χ1v) is 7.70. The summed E-state index contributed by atoms with van der Waals surface area (Å²) in [6, 6.07) is 6.38. The minimum atomic E-state index is -0.267. The average molecular weight is 287 g/mol. The van der Waals surface area contributed by atoms with Crippen LogP contribution < -0.4 is 0 Å². The number of halogens is 1. The number of hydrogen-bond donors (Lipinski definition) is 0. The lowest BCUT2D eigenvalue weighted by atomic mass is 9.77. The lowest BCUT2D eigenvalue weighted by Gasteiger charge is -2.42. The molecule has 0 aromatic heterocycles. The van der Waals surface area contributed by atoms with Gasteiger partial charge in [-0.25, -0.2) is 4.39 Å². The van der Waals surface area contributed by atoms with Crippen molar-refractivity contribution in [3.63, 3.8) is 0 Å². The van der Waals surface area contributed by atoms with E-state index < -0.39 is 0 Å². The van der Waals surface area contributed by atoms with Crippen molar-refractivity contribution in [1.82, 2.24) is 4.90 Å². The van der Waals surface area contributed by atoms with Crippen molar-refractivity contribution in [2.24, 2.45) is 17.8 Å². The van der Waals surface area contributed by atoms with E-state index in [9.17, 15) is 14.0 Å². The molecule has 21 heavy (non-hydrogen) atoms. The van der Waals surface area contributed by atoms with Crippen molar-refractivity contribution in [1.29, 1.82) is 0 Å². The Labute approximate surface area is 123 Å². The van der Waals surface area contributed by atoms with Crippen molar-refractivity contribution >= 4 is 11.7 Å². The van der Waals surface area contributed by atoms with Gasteiger partial charge in [0.25, 0.3) is 0 Å². The van der Waals surface area contributed by atoms with E-state index in [0.29, 0.717) is 18.4 Å². The number of likely N-dealkylation sites (tertiary alicyclic amines) is 1. The first-order valence-electron chi connectivity index (χ1n) is 7.70. The molecule has 0 N–H and O–H groups in total. The van der Waals surface area contributed by atoms with E-state index in [1.165, 1.54) is 12.1 Å². The largest absolute Gasteiger partial charge is 0.334 e. The Morgan fingerprint density at radius 2 is 1.81 bits per heavy atom. The maximum absolute atomic E-state index is 13.0. The third-order valence-electron chi connectivity index (χ3n) is 5.52. The number of carbonyl (C=O) groups excluding carboxylic acids is 2. The highest BCUT2D eigenvalue weighted by molar-refractivity contribution is 6.02. The maximum atomic E-state index is 13.0. The monoisotopic (exact) mass is 287 g/mol. The summed E-state index contributed by atoms with van der Waals surface area (Å²) < 4.78 is 13.0. The number of piperidine rings is 1. The fourth-order valence-electron chi connectivity index (χ4n) is 4.68. The number of hydrogen-bond acceptors (Lipinski definition) is 2. The van der Waals surface area contributed by atoms with Crippen LogP contribution in [0.2, 0.25) is 0 Å². The third-order valence-corrected chi connectivity index (χ3v) is 5.52. The lowest BCUT2D eigenvalue weighted by Crippen LogP contribution is -2.54. The van der Waals surface area contributed by atoms with Crippen LogP contribution in [0.4, 0.5) is 4.39 Å². The van der Waals surface area contributed by atoms with Crippen LogP contribution in [0.25, 0.3) is 0 Å². The predicted molar refractivity (Wildman–Crippen MR) is 74.7 cm³/mol. The summed E-state index contributed by atoms with van der Waals surface area (Å²) in [4.78, 5) is 26.4.